The van der Waals surface area contributed by atoms with Crippen molar-refractivity contribution < 1.29 is 13.2 Å². The number of hydrogen-bond donors (Lipinski definition) is 2. The molecule has 2 heterocycles. The van der Waals surface area contributed by atoms with Crippen LogP contribution in [-0.2, 0) is 14.8 Å². The Morgan fingerprint density at radius 3 is 3.00 bits per heavy atom. The number of sulfonamides is 1. The predicted molar refractivity (Wildman–Crippen MR) is 74.8 cm³/mol. The van der Waals surface area contributed by atoms with Gasteiger partial charge in [0.15, 0.2) is 0 Å². The highest BCUT2D eigenvalue weighted by molar-refractivity contribution is 7.89. The zero-order valence-corrected chi connectivity index (χ0v) is 12.1. The topological polar surface area (TPSA) is 91.4 Å². The van der Waals surface area contributed by atoms with Gasteiger partial charge in [0.25, 0.3) is 0 Å². The van der Waals surface area contributed by atoms with Crippen molar-refractivity contribution in [2.75, 3.05) is 31.5 Å². The smallest absolute Gasteiger partial charge is 0.247 e. The third kappa shape index (κ3) is 3.07. The number of pyridine rings is 1. The first-order valence-corrected chi connectivity index (χ1v) is 7.94. The molecule has 2 N–H and O–H groups in total. The van der Waals surface area contributed by atoms with Crippen LogP contribution in [0, 0.1) is 0 Å². The highest BCUT2D eigenvalue weighted by Gasteiger charge is 2.31. The quantitative estimate of drug-likeness (QED) is 0.800. The number of hydrogen-bond acceptors (Lipinski definition) is 5. The first-order chi connectivity index (χ1) is 9.55. The van der Waals surface area contributed by atoms with Crippen molar-refractivity contribution in [3.63, 3.8) is 0 Å². The van der Waals surface area contributed by atoms with Crippen LogP contribution < -0.4 is 10.6 Å². The highest BCUT2D eigenvalue weighted by Crippen LogP contribution is 2.23. The number of piperazine rings is 1. The van der Waals surface area contributed by atoms with Gasteiger partial charge in [-0.05, 0) is 12.5 Å². The van der Waals surface area contributed by atoms with Crippen LogP contribution in [-0.4, -0.2) is 49.8 Å². The lowest BCUT2D eigenvalue weighted by atomic mass is 10.4. The van der Waals surface area contributed by atoms with Crippen LogP contribution in [0.15, 0.2) is 23.4 Å². The zero-order valence-electron chi connectivity index (χ0n) is 11.3. The second-order valence-electron chi connectivity index (χ2n) is 4.49. The van der Waals surface area contributed by atoms with Crippen LogP contribution in [0.1, 0.15) is 13.3 Å². The van der Waals surface area contributed by atoms with Crippen molar-refractivity contribution in [2.24, 2.45) is 0 Å². The van der Waals surface area contributed by atoms with Gasteiger partial charge in [-0.1, -0.05) is 6.92 Å². The maximum Gasteiger partial charge on any atom is 0.247 e. The number of amides is 1. The summed E-state index contributed by atoms with van der Waals surface area (Å²) in [7, 11) is -3.71. The Kier molecular flexibility index (Phi) is 4.56. The first kappa shape index (κ1) is 14.7. The molecule has 0 aromatic carbocycles. The van der Waals surface area contributed by atoms with E-state index < -0.39 is 10.0 Å². The largest absolute Gasteiger partial charge is 0.384 e. The Morgan fingerprint density at radius 1 is 1.50 bits per heavy atom. The van der Waals surface area contributed by atoms with Crippen molar-refractivity contribution >= 4 is 21.6 Å². The average Bonchev–Trinajstić information content (AvgIpc) is 2.45. The summed E-state index contributed by atoms with van der Waals surface area (Å²) >= 11 is 0. The van der Waals surface area contributed by atoms with Gasteiger partial charge in [-0.3, -0.25) is 9.78 Å². The van der Waals surface area contributed by atoms with Gasteiger partial charge in [-0.25, -0.2) is 8.42 Å². The van der Waals surface area contributed by atoms with Gasteiger partial charge in [0, 0.05) is 32.0 Å². The molecule has 0 aliphatic carbocycles. The lowest BCUT2D eigenvalue weighted by molar-refractivity contribution is -0.122. The molecule has 1 aromatic heterocycles. The van der Waals surface area contributed by atoms with Crippen LogP contribution >= 0.6 is 0 Å². The molecular weight excluding hydrogens is 280 g/mol. The number of rotatable bonds is 5. The molecule has 1 amide bonds. The van der Waals surface area contributed by atoms with Crippen LogP contribution in [0.25, 0.3) is 0 Å². The third-order valence-electron chi connectivity index (χ3n) is 2.97. The normalized spacial score (nSPS) is 16.8. The predicted octanol–water partition coefficient (Wildman–Crippen LogP) is 0.0240. The highest BCUT2D eigenvalue weighted by atomic mass is 32.2. The van der Waals surface area contributed by atoms with E-state index >= 15 is 0 Å². The molecule has 2 rings (SSSR count). The second-order valence-corrected chi connectivity index (χ2v) is 6.39. The van der Waals surface area contributed by atoms with E-state index in [0.717, 1.165) is 6.42 Å². The third-order valence-corrected chi connectivity index (χ3v) is 4.84. The van der Waals surface area contributed by atoms with Crippen LogP contribution in [0.3, 0.4) is 0 Å². The van der Waals surface area contributed by atoms with Crippen molar-refractivity contribution in [3.8, 4) is 0 Å². The van der Waals surface area contributed by atoms with Crippen LogP contribution in [0.5, 0.6) is 0 Å². The Balaban J connectivity index is 2.31. The molecule has 7 nitrogen and oxygen atoms in total. The van der Waals surface area contributed by atoms with Crippen molar-refractivity contribution in [1.29, 1.82) is 0 Å². The summed E-state index contributed by atoms with van der Waals surface area (Å²) in [6, 6.07) is 1.63. The Morgan fingerprint density at radius 2 is 2.30 bits per heavy atom. The summed E-state index contributed by atoms with van der Waals surface area (Å²) in [5.74, 6) is -0.285. The molecule has 1 fully saturated rings. The summed E-state index contributed by atoms with van der Waals surface area (Å²) in [6.45, 7) is 3.13. The van der Waals surface area contributed by atoms with E-state index in [1.807, 2.05) is 6.92 Å². The fraction of sp³-hybridized carbons (Fsp3) is 0.500. The number of nitrogens with one attached hydrogen (secondary N) is 2. The minimum absolute atomic E-state index is 0.114. The molecule has 8 heteroatoms. The lowest BCUT2D eigenvalue weighted by Gasteiger charge is -2.26. The van der Waals surface area contributed by atoms with E-state index in [4.69, 9.17) is 0 Å². The molecular formula is C12H18N4O3S. The summed E-state index contributed by atoms with van der Waals surface area (Å²) in [4.78, 5) is 15.4. The van der Waals surface area contributed by atoms with Gasteiger partial charge >= 0.3 is 0 Å². The van der Waals surface area contributed by atoms with E-state index in [2.05, 4.69) is 15.6 Å². The summed E-state index contributed by atoms with van der Waals surface area (Å²) in [5.41, 5.74) is 0.521. The Labute approximate surface area is 118 Å². The molecule has 110 valence electrons. The average molecular weight is 298 g/mol. The SMILES string of the molecule is CCCNc1ccncc1S(=O)(=O)N1CCNC(=O)C1. The Bertz CT molecular complexity index is 588. The first-order valence-electron chi connectivity index (χ1n) is 6.50. The summed E-state index contributed by atoms with van der Waals surface area (Å²) in [6.07, 6.45) is 3.74. The molecule has 1 aromatic rings. The maximum atomic E-state index is 12.6. The number of carbonyl (C=O) groups is 1. The minimum atomic E-state index is -3.71. The van der Waals surface area contributed by atoms with Gasteiger partial charge < -0.3 is 10.6 Å². The van der Waals surface area contributed by atoms with Gasteiger partial charge in [0.2, 0.25) is 15.9 Å². The maximum absolute atomic E-state index is 12.6. The van der Waals surface area contributed by atoms with E-state index in [0.29, 0.717) is 18.8 Å². The molecule has 0 bridgehead atoms. The Hall–Kier alpha value is -1.67. The molecule has 1 aliphatic rings. The fourth-order valence-corrected chi connectivity index (χ4v) is 3.46. The van der Waals surface area contributed by atoms with Gasteiger partial charge in [-0.2, -0.15) is 4.31 Å². The molecule has 0 saturated carbocycles. The molecule has 1 aliphatic heterocycles. The van der Waals surface area contributed by atoms with Crippen LogP contribution in [0.4, 0.5) is 5.69 Å². The minimum Gasteiger partial charge on any atom is -0.384 e. The van der Waals surface area contributed by atoms with Gasteiger partial charge in [-0.15, -0.1) is 0 Å². The lowest BCUT2D eigenvalue weighted by Crippen LogP contribution is -2.49. The zero-order chi connectivity index (χ0) is 14.6. The van der Waals surface area contributed by atoms with Crippen LogP contribution in [0.2, 0.25) is 0 Å². The molecule has 0 atom stereocenters. The number of aromatic nitrogens is 1. The molecule has 20 heavy (non-hydrogen) atoms. The molecule has 0 unspecified atom stereocenters. The molecule has 0 spiro atoms. The van der Waals surface area contributed by atoms with Crippen molar-refractivity contribution in [3.05, 3.63) is 18.5 Å². The standard InChI is InChI=1S/C12H18N4O3S/c1-2-4-14-10-3-5-13-8-11(10)20(18,19)16-7-6-15-12(17)9-16/h3,5,8H,2,4,6-7,9H2,1H3,(H,13,14)(H,15,17). The van der Waals surface area contributed by atoms with E-state index in [1.54, 1.807) is 12.3 Å². The molecule has 0 radical (unpaired) electrons. The molecule has 1 saturated heterocycles. The summed E-state index contributed by atoms with van der Waals surface area (Å²) in [5, 5.41) is 5.68. The van der Waals surface area contributed by atoms with Gasteiger partial charge in [0.05, 0.1) is 12.2 Å². The second kappa shape index (κ2) is 6.19. The number of carbonyl (C=O) groups excluding carboxylic acids is 1. The van der Waals surface area contributed by atoms with E-state index in [1.165, 1.54) is 10.5 Å². The van der Waals surface area contributed by atoms with Crippen molar-refractivity contribution in [1.82, 2.24) is 14.6 Å². The monoisotopic (exact) mass is 298 g/mol. The van der Waals surface area contributed by atoms with E-state index in [-0.39, 0.29) is 23.9 Å². The number of nitrogens with zero attached hydrogens (tertiary/aromatic N) is 2. The van der Waals surface area contributed by atoms with Crippen molar-refractivity contribution in [2.45, 2.75) is 18.2 Å². The number of anilines is 1. The fourth-order valence-electron chi connectivity index (χ4n) is 1.95. The van der Waals surface area contributed by atoms with E-state index in [9.17, 15) is 13.2 Å². The van der Waals surface area contributed by atoms with Gasteiger partial charge in [0.1, 0.15) is 4.90 Å². The summed E-state index contributed by atoms with van der Waals surface area (Å²) < 4.78 is 26.3.